The van der Waals surface area contributed by atoms with Crippen molar-refractivity contribution in [3.8, 4) is 11.3 Å². The molecule has 0 spiro atoms. The zero-order valence-corrected chi connectivity index (χ0v) is 14.7. The smallest absolute Gasteiger partial charge is 0.226 e. The number of amides is 2. The standard InChI is InChI=1S/C17H14F2N4O3S/c18-10-2-1-3-11(19)16(10)12-7-21-15(26-12)5-4-14(25)23-17-22-9(8-27-17)6-13(20)24/h1-3,7-8H,4-6H2,(H2,20,24)(H,22,23,25). The average Bonchev–Trinajstić information content (AvgIpc) is 3.22. The van der Waals surface area contributed by atoms with Gasteiger partial charge in [0.1, 0.15) is 11.6 Å². The fourth-order valence-electron chi connectivity index (χ4n) is 2.30. The predicted molar refractivity (Wildman–Crippen MR) is 93.8 cm³/mol. The highest BCUT2D eigenvalue weighted by Gasteiger charge is 2.16. The van der Waals surface area contributed by atoms with E-state index in [4.69, 9.17) is 10.2 Å². The molecule has 0 aliphatic rings. The minimum Gasteiger partial charge on any atom is -0.441 e. The number of hydrogen-bond acceptors (Lipinski definition) is 6. The number of thiazole rings is 1. The highest BCUT2D eigenvalue weighted by Crippen LogP contribution is 2.26. The molecule has 0 atom stereocenters. The lowest BCUT2D eigenvalue weighted by Gasteiger charge is -2.01. The van der Waals surface area contributed by atoms with Crippen LogP contribution in [-0.4, -0.2) is 21.8 Å². The lowest BCUT2D eigenvalue weighted by atomic mass is 10.1. The van der Waals surface area contributed by atoms with Crippen molar-refractivity contribution >= 4 is 28.3 Å². The Morgan fingerprint density at radius 1 is 1.26 bits per heavy atom. The molecular weight excluding hydrogens is 378 g/mol. The summed E-state index contributed by atoms with van der Waals surface area (Å²) >= 11 is 1.17. The van der Waals surface area contributed by atoms with Crippen molar-refractivity contribution in [1.29, 1.82) is 0 Å². The molecule has 1 aromatic carbocycles. The Morgan fingerprint density at radius 2 is 2.00 bits per heavy atom. The van der Waals surface area contributed by atoms with Gasteiger partial charge in [0.25, 0.3) is 0 Å². The van der Waals surface area contributed by atoms with Crippen LogP contribution in [0.2, 0.25) is 0 Å². The van der Waals surface area contributed by atoms with Gasteiger partial charge in [0, 0.05) is 18.2 Å². The predicted octanol–water partition coefficient (Wildman–Crippen LogP) is 2.68. The Morgan fingerprint density at radius 3 is 2.70 bits per heavy atom. The highest BCUT2D eigenvalue weighted by molar-refractivity contribution is 7.13. The third-order valence-corrected chi connectivity index (χ3v) is 4.29. The summed E-state index contributed by atoms with van der Waals surface area (Å²) in [7, 11) is 0. The van der Waals surface area contributed by atoms with E-state index in [1.807, 2.05) is 0 Å². The van der Waals surface area contributed by atoms with Gasteiger partial charge >= 0.3 is 0 Å². The van der Waals surface area contributed by atoms with Crippen molar-refractivity contribution in [2.45, 2.75) is 19.3 Å². The van der Waals surface area contributed by atoms with Crippen molar-refractivity contribution in [3.05, 3.63) is 53.0 Å². The zero-order chi connectivity index (χ0) is 19.4. The van der Waals surface area contributed by atoms with Crippen LogP contribution in [-0.2, 0) is 22.4 Å². The number of nitrogens with zero attached hydrogens (tertiary/aromatic N) is 2. The summed E-state index contributed by atoms with van der Waals surface area (Å²) in [5, 5.41) is 4.56. The maximum Gasteiger partial charge on any atom is 0.226 e. The average molecular weight is 392 g/mol. The topological polar surface area (TPSA) is 111 Å². The fraction of sp³-hybridized carbons (Fsp3) is 0.176. The van der Waals surface area contributed by atoms with Crippen molar-refractivity contribution in [1.82, 2.24) is 9.97 Å². The minimum absolute atomic E-state index is 0.00192. The molecule has 0 aliphatic carbocycles. The molecule has 10 heteroatoms. The molecule has 0 radical (unpaired) electrons. The summed E-state index contributed by atoms with van der Waals surface area (Å²) in [6.45, 7) is 0. The van der Waals surface area contributed by atoms with Gasteiger partial charge in [-0.3, -0.25) is 9.59 Å². The Hall–Kier alpha value is -3.14. The molecule has 3 N–H and O–H groups in total. The van der Waals surface area contributed by atoms with Crippen LogP contribution in [0.1, 0.15) is 18.0 Å². The first-order valence-electron chi connectivity index (χ1n) is 7.84. The number of benzene rings is 1. The van der Waals surface area contributed by atoms with Crippen LogP contribution >= 0.6 is 11.3 Å². The fourth-order valence-corrected chi connectivity index (χ4v) is 3.03. The van der Waals surface area contributed by atoms with Crippen LogP contribution in [0.5, 0.6) is 0 Å². The normalized spacial score (nSPS) is 10.7. The SMILES string of the molecule is NC(=O)Cc1csc(NC(=O)CCc2ncc(-c3c(F)cccc3F)o2)n1. The molecule has 140 valence electrons. The number of nitrogens with one attached hydrogen (secondary N) is 1. The number of carbonyl (C=O) groups excluding carboxylic acids is 2. The van der Waals surface area contributed by atoms with Gasteiger partial charge in [0.2, 0.25) is 11.8 Å². The first-order chi connectivity index (χ1) is 12.9. The molecule has 3 rings (SSSR count). The number of carbonyl (C=O) groups is 2. The maximum atomic E-state index is 13.8. The summed E-state index contributed by atoms with van der Waals surface area (Å²) in [6.07, 6.45) is 1.38. The van der Waals surface area contributed by atoms with E-state index >= 15 is 0 Å². The number of nitrogens with two attached hydrogens (primary N) is 1. The van der Waals surface area contributed by atoms with Crippen molar-refractivity contribution in [2.24, 2.45) is 5.73 Å². The number of primary amides is 1. The van der Waals surface area contributed by atoms with Crippen LogP contribution < -0.4 is 11.1 Å². The lowest BCUT2D eigenvalue weighted by molar-refractivity contribution is -0.117. The first-order valence-corrected chi connectivity index (χ1v) is 8.72. The van der Waals surface area contributed by atoms with Crippen molar-refractivity contribution < 1.29 is 22.8 Å². The number of rotatable bonds is 7. The molecular formula is C17H14F2N4O3S. The van der Waals surface area contributed by atoms with Crippen LogP contribution in [0.3, 0.4) is 0 Å². The van der Waals surface area contributed by atoms with Crippen molar-refractivity contribution in [3.63, 3.8) is 0 Å². The van der Waals surface area contributed by atoms with E-state index in [2.05, 4.69) is 15.3 Å². The Labute approximate surface area is 156 Å². The van der Waals surface area contributed by atoms with Gasteiger partial charge < -0.3 is 15.5 Å². The van der Waals surface area contributed by atoms with E-state index in [0.29, 0.717) is 10.8 Å². The van der Waals surface area contributed by atoms with Gasteiger partial charge in [-0.1, -0.05) is 6.07 Å². The van der Waals surface area contributed by atoms with Gasteiger partial charge in [0.05, 0.1) is 23.9 Å². The second kappa shape index (κ2) is 8.04. The molecule has 0 unspecified atom stereocenters. The number of anilines is 1. The monoisotopic (exact) mass is 392 g/mol. The molecule has 2 aromatic heterocycles. The van der Waals surface area contributed by atoms with Gasteiger partial charge in [-0.15, -0.1) is 11.3 Å². The van der Waals surface area contributed by atoms with Gasteiger partial charge in [-0.25, -0.2) is 18.7 Å². The second-order valence-electron chi connectivity index (χ2n) is 5.55. The quantitative estimate of drug-likeness (QED) is 0.642. The molecule has 0 fully saturated rings. The van der Waals surface area contributed by atoms with E-state index in [-0.39, 0.29) is 42.4 Å². The van der Waals surface area contributed by atoms with Crippen LogP contribution in [0.4, 0.5) is 13.9 Å². The molecule has 2 amide bonds. The lowest BCUT2D eigenvalue weighted by Crippen LogP contribution is -2.14. The number of halogens is 2. The van der Waals surface area contributed by atoms with Crippen LogP contribution in [0, 0.1) is 11.6 Å². The summed E-state index contributed by atoms with van der Waals surface area (Å²) in [6, 6.07) is 3.49. The van der Waals surface area contributed by atoms with Gasteiger partial charge in [-0.2, -0.15) is 0 Å². The maximum absolute atomic E-state index is 13.8. The summed E-state index contributed by atoms with van der Waals surface area (Å²) in [5.41, 5.74) is 5.26. The summed E-state index contributed by atoms with van der Waals surface area (Å²) in [4.78, 5) is 30.8. The summed E-state index contributed by atoms with van der Waals surface area (Å²) in [5.74, 6) is -2.23. The number of oxazole rings is 1. The van der Waals surface area contributed by atoms with Crippen LogP contribution in [0.25, 0.3) is 11.3 Å². The molecule has 3 aromatic rings. The Bertz CT molecular complexity index is 966. The van der Waals surface area contributed by atoms with E-state index in [1.165, 1.54) is 23.6 Å². The second-order valence-corrected chi connectivity index (χ2v) is 6.41. The summed E-state index contributed by atoms with van der Waals surface area (Å²) < 4.78 is 32.9. The highest BCUT2D eigenvalue weighted by atomic mass is 32.1. The number of aromatic nitrogens is 2. The number of hydrogen-bond donors (Lipinski definition) is 2. The van der Waals surface area contributed by atoms with Gasteiger partial charge in [-0.05, 0) is 12.1 Å². The van der Waals surface area contributed by atoms with E-state index < -0.39 is 17.5 Å². The number of aryl methyl sites for hydroxylation is 1. The third kappa shape index (κ3) is 4.73. The van der Waals surface area contributed by atoms with Gasteiger partial charge in [0.15, 0.2) is 16.8 Å². The third-order valence-electron chi connectivity index (χ3n) is 3.48. The Balaban J connectivity index is 1.57. The van der Waals surface area contributed by atoms with E-state index in [1.54, 1.807) is 5.38 Å². The molecule has 0 bridgehead atoms. The minimum atomic E-state index is -0.758. The Kier molecular flexibility index (Phi) is 5.55. The molecule has 27 heavy (non-hydrogen) atoms. The molecule has 7 nitrogen and oxygen atoms in total. The molecule has 0 saturated heterocycles. The van der Waals surface area contributed by atoms with E-state index in [9.17, 15) is 18.4 Å². The first kappa shape index (κ1) is 18.6. The molecule has 0 aliphatic heterocycles. The zero-order valence-electron chi connectivity index (χ0n) is 13.9. The molecule has 0 saturated carbocycles. The van der Waals surface area contributed by atoms with E-state index in [0.717, 1.165) is 12.1 Å². The van der Waals surface area contributed by atoms with Crippen LogP contribution in [0.15, 0.2) is 34.2 Å². The largest absolute Gasteiger partial charge is 0.441 e. The molecule has 2 heterocycles. The van der Waals surface area contributed by atoms with Crippen molar-refractivity contribution in [2.75, 3.05) is 5.32 Å².